The van der Waals surface area contributed by atoms with Crippen molar-refractivity contribution >= 4 is 22.2 Å². The number of halogens is 1. The van der Waals surface area contributed by atoms with Crippen molar-refractivity contribution in [1.29, 1.82) is 0 Å². The number of aromatic nitrogens is 4. The van der Waals surface area contributed by atoms with Crippen molar-refractivity contribution in [2.24, 2.45) is 0 Å². The maximum Gasteiger partial charge on any atom is 0.439 e. The van der Waals surface area contributed by atoms with Gasteiger partial charge in [-0.1, -0.05) is 36.3 Å². The van der Waals surface area contributed by atoms with Gasteiger partial charge in [-0.25, -0.2) is 14.2 Å². The van der Waals surface area contributed by atoms with Crippen molar-refractivity contribution in [3.63, 3.8) is 0 Å². The molecule has 1 fully saturated rings. The van der Waals surface area contributed by atoms with Gasteiger partial charge >= 0.3 is 5.76 Å². The third kappa shape index (κ3) is 3.67. The SMILES string of the molecule is C/C(=C1/c2ccc(Cn3c(C4(C)CC4)nc4ccccc43)cc2COc2cc(F)ccc21)c1noc(=O)[nH]1. The number of ether oxygens (including phenoxy) is 1. The third-order valence-corrected chi connectivity index (χ3v) is 7.74. The summed E-state index contributed by atoms with van der Waals surface area (Å²) in [5, 5.41) is 3.89. The van der Waals surface area contributed by atoms with E-state index in [1.54, 1.807) is 6.07 Å². The summed E-state index contributed by atoms with van der Waals surface area (Å²) in [6, 6.07) is 19.1. The topological polar surface area (TPSA) is 85.9 Å². The van der Waals surface area contributed by atoms with Crippen LogP contribution in [0, 0.1) is 5.82 Å². The highest BCUT2D eigenvalue weighted by Gasteiger charge is 2.43. The summed E-state index contributed by atoms with van der Waals surface area (Å²) in [6.45, 7) is 5.09. The van der Waals surface area contributed by atoms with Crippen molar-refractivity contribution in [3.05, 3.63) is 111 Å². The van der Waals surface area contributed by atoms with Gasteiger partial charge in [0.1, 0.15) is 24.0 Å². The molecule has 2 aromatic heterocycles. The molecule has 7 nitrogen and oxygen atoms in total. The molecule has 5 aromatic rings. The van der Waals surface area contributed by atoms with Gasteiger partial charge in [-0.3, -0.25) is 9.51 Å². The summed E-state index contributed by atoms with van der Waals surface area (Å²) in [7, 11) is 0. The van der Waals surface area contributed by atoms with Crippen LogP contribution >= 0.6 is 0 Å². The van der Waals surface area contributed by atoms with Crippen LogP contribution in [0.3, 0.4) is 0 Å². The summed E-state index contributed by atoms with van der Waals surface area (Å²) in [5.41, 5.74) is 7.49. The van der Waals surface area contributed by atoms with Crippen LogP contribution in [-0.2, 0) is 18.6 Å². The minimum Gasteiger partial charge on any atom is -0.488 e. The summed E-state index contributed by atoms with van der Waals surface area (Å²) in [5.74, 6) is 0.874. The number of benzene rings is 3. The molecule has 190 valence electrons. The number of H-pyrrole nitrogens is 1. The first kappa shape index (κ1) is 22.7. The monoisotopic (exact) mass is 508 g/mol. The number of rotatable bonds is 4. The standard InChI is InChI=1S/C30H25FN4O3/c1-17(27-33-29(36)38-34-27)26-21-9-7-18(13-19(21)16-37-25-14-20(31)8-10-22(25)26)15-35-24-6-4-3-5-23(24)32-28(35)30(2)11-12-30/h3-10,13-14H,11-12,15-16H2,1-2H3,(H,33,34,36)/b26-17+. The van der Waals surface area contributed by atoms with Gasteiger partial charge < -0.3 is 9.30 Å². The zero-order chi connectivity index (χ0) is 26.0. The summed E-state index contributed by atoms with van der Waals surface area (Å²) >= 11 is 0. The van der Waals surface area contributed by atoms with E-state index in [0.717, 1.165) is 57.5 Å². The molecule has 7 rings (SSSR count). The second-order valence-electron chi connectivity index (χ2n) is 10.4. The van der Waals surface area contributed by atoms with Crippen LogP contribution in [0.2, 0.25) is 0 Å². The fourth-order valence-corrected chi connectivity index (χ4v) is 5.44. The number of imidazole rings is 1. The van der Waals surface area contributed by atoms with E-state index in [4.69, 9.17) is 14.2 Å². The summed E-state index contributed by atoms with van der Waals surface area (Å²) in [4.78, 5) is 19.3. The molecule has 0 radical (unpaired) electrons. The highest BCUT2D eigenvalue weighted by atomic mass is 19.1. The number of hydrogen-bond donors (Lipinski definition) is 1. The Bertz CT molecular complexity index is 1820. The van der Waals surface area contributed by atoms with E-state index < -0.39 is 5.76 Å². The predicted molar refractivity (Wildman–Crippen MR) is 141 cm³/mol. The number of aromatic amines is 1. The van der Waals surface area contributed by atoms with Crippen molar-refractivity contribution < 1.29 is 13.7 Å². The lowest BCUT2D eigenvalue weighted by atomic mass is 9.89. The molecule has 3 aromatic carbocycles. The largest absolute Gasteiger partial charge is 0.488 e. The number of nitrogens with one attached hydrogen (secondary N) is 1. The summed E-state index contributed by atoms with van der Waals surface area (Å²) < 4.78 is 27.4. The molecule has 1 aliphatic heterocycles. The van der Waals surface area contributed by atoms with Gasteiger partial charge in [0.15, 0.2) is 5.82 Å². The number of para-hydroxylation sites is 2. The van der Waals surface area contributed by atoms with E-state index in [0.29, 0.717) is 23.7 Å². The molecule has 0 saturated heterocycles. The number of nitrogens with zero attached hydrogens (tertiary/aromatic N) is 3. The molecule has 0 atom stereocenters. The Morgan fingerprint density at radius 3 is 2.71 bits per heavy atom. The molecule has 1 saturated carbocycles. The predicted octanol–water partition coefficient (Wildman–Crippen LogP) is 5.82. The smallest absolute Gasteiger partial charge is 0.439 e. The van der Waals surface area contributed by atoms with Crippen LogP contribution < -0.4 is 10.5 Å². The van der Waals surface area contributed by atoms with Gasteiger partial charge in [-0.2, -0.15) is 0 Å². The van der Waals surface area contributed by atoms with E-state index in [1.165, 1.54) is 12.1 Å². The Balaban J connectivity index is 1.36. The number of allylic oxidation sites excluding steroid dienone is 1. The molecule has 1 aliphatic carbocycles. The van der Waals surface area contributed by atoms with Crippen LogP contribution in [0.1, 0.15) is 60.6 Å². The van der Waals surface area contributed by atoms with Crippen LogP contribution in [0.25, 0.3) is 22.2 Å². The van der Waals surface area contributed by atoms with Crippen LogP contribution in [0.4, 0.5) is 4.39 Å². The molecule has 8 heteroatoms. The third-order valence-electron chi connectivity index (χ3n) is 7.74. The summed E-state index contributed by atoms with van der Waals surface area (Å²) in [6.07, 6.45) is 2.28. The van der Waals surface area contributed by atoms with Crippen molar-refractivity contribution in [1.82, 2.24) is 19.7 Å². The van der Waals surface area contributed by atoms with E-state index >= 15 is 0 Å². The molecule has 0 bridgehead atoms. The lowest BCUT2D eigenvalue weighted by Crippen LogP contribution is -2.13. The van der Waals surface area contributed by atoms with Crippen LogP contribution in [-0.4, -0.2) is 19.7 Å². The van der Waals surface area contributed by atoms with E-state index in [-0.39, 0.29) is 17.8 Å². The van der Waals surface area contributed by atoms with Gasteiger partial charge in [0.05, 0.1) is 11.0 Å². The van der Waals surface area contributed by atoms with Gasteiger partial charge in [-0.05, 0) is 72.4 Å². The maximum atomic E-state index is 14.2. The minimum absolute atomic E-state index is 0.112. The quantitative estimate of drug-likeness (QED) is 0.331. The normalized spacial score (nSPS) is 16.9. The zero-order valence-electron chi connectivity index (χ0n) is 21.0. The first-order valence-electron chi connectivity index (χ1n) is 12.7. The second-order valence-corrected chi connectivity index (χ2v) is 10.4. The maximum absolute atomic E-state index is 14.2. The molecule has 2 aliphatic rings. The number of hydrogen-bond acceptors (Lipinski definition) is 5. The lowest BCUT2D eigenvalue weighted by Gasteiger charge is -2.16. The molecular weight excluding hydrogens is 483 g/mol. The molecule has 38 heavy (non-hydrogen) atoms. The number of fused-ring (bicyclic) bond motifs is 3. The molecule has 3 heterocycles. The average molecular weight is 509 g/mol. The highest BCUT2D eigenvalue weighted by Crippen LogP contribution is 2.48. The van der Waals surface area contributed by atoms with E-state index in [2.05, 4.69) is 58.0 Å². The lowest BCUT2D eigenvalue weighted by molar-refractivity contribution is 0.305. The fraction of sp³-hybridized carbons (Fsp3) is 0.233. The Morgan fingerprint density at radius 1 is 1.11 bits per heavy atom. The Hall–Kier alpha value is -4.46. The highest BCUT2D eigenvalue weighted by molar-refractivity contribution is 5.99. The van der Waals surface area contributed by atoms with Crippen molar-refractivity contribution in [2.45, 2.75) is 45.3 Å². The van der Waals surface area contributed by atoms with E-state index in [1.807, 2.05) is 13.0 Å². The van der Waals surface area contributed by atoms with Crippen LogP contribution in [0.15, 0.2) is 70.0 Å². The fourth-order valence-electron chi connectivity index (χ4n) is 5.44. The van der Waals surface area contributed by atoms with Crippen molar-refractivity contribution in [3.8, 4) is 5.75 Å². The van der Waals surface area contributed by atoms with Gasteiger partial charge in [0.2, 0.25) is 0 Å². The van der Waals surface area contributed by atoms with Gasteiger partial charge in [0, 0.05) is 29.2 Å². The van der Waals surface area contributed by atoms with Crippen molar-refractivity contribution in [2.75, 3.05) is 0 Å². The van der Waals surface area contributed by atoms with E-state index in [9.17, 15) is 9.18 Å². The minimum atomic E-state index is -0.632. The molecule has 1 N–H and O–H groups in total. The zero-order valence-corrected chi connectivity index (χ0v) is 21.0. The molecule has 0 amide bonds. The first-order chi connectivity index (χ1) is 18.4. The Kier molecular flexibility index (Phi) is 4.95. The van der Waals surface area contributed by atoms with Crippen LogP contribution in [0.5, 0.6) is 5.75 Å². The van der Waals surface area contributed by atoms with Gasteiger partial charge in [-0.15, -0.1) is 0 Å². The van der Waals surface area contributed by atoms with Gasteiger partial charge in [0.25, 0.3) is 0 Å². The molecule has 0 unspecified atom stereocenters. The molecule has 0 spiro atoms. The first-order valence-corrected chi connectivity index (χ1v) is 12.7. The Labute approximate surface area is 217 Å². The second kappa shape index (κ2) is 8.28. The Morgan fingerprint density at radius 2 is 1.92 bits per heavy atom. The average Bonchev–Trinajstić information content (AvgIpc) is 3.39. The molecular formula is C30H25FN4O3.